The Labute approximate surface area is 119 Å². The van der Waals surface area contributed by atoms with Crippen molar-refractivity contribution in [3.8, 4) is 11.6 Å². The minimum absolute atomic E-state index is 0.492. The van der Waals surface area contributed by atoms with Gasteiger partial charge in [0.1, 0.15) is 5.75 Å². The van der Waals surface area contributed by atoms with E-state index in [0.717, 1.165) is 16.6 Å². The SMILES string of the molecule is NCCc1ccc(Oc2ncc(Cl)cc2Br)cc1. The van der Waals surface area contributed by atoms with Crippen LogP contribution >= 0.6 is 27.5 Å². The predicted octanol–water partition coefficient (Wildman–Crippen LogP) is 3.79. The molecule has 2 rings (SSSR count). The predicted molar refractivity (Wildman–Crippen MR) is 76.2 cm³/mol. The van der Waals surface area contributed by atoms with E-state index in [1.165, 1.54) is 5.56 Å². The van der Waals surface area contributed by atoms with Crippen LogP contribution in [0.25, 0.3) is 0 Å². The second-order valence-electron chi connectivity index (χ2n) is 3.73. The molecule has 0 unspecified atom stereocenters. The maximum atomic E-state index is 5.82. The third kappa shape index (κ3) is 3.45. The largest absolute Gasteiger partial charge is 0.438 e. The Balaban J connectivity index is 2.13. The second kappa shape index (κ2) is 6.18. The van der Waals surface area contributed by atoms with Crippen molar-refractivity contribution in [1.82, 2.24) is 4.98 Å². The molecule has 2 N–H and O–H groups in total. The summed E-state index contributed by atoms with van der Waals surface area (Å²) >= 11 is 9.17. The number of hydrogen-bond donors (Lipinski definition) is 1. The van der Waals surface area contributed by atoms with Crippen LogP contribution in [-0.4, -0.2) is 11.5 Å². The van der Waals surface area contributed by atoms with E-state index in [2.05, 4.69) is 20.9 Å². The van der Waals surface area contributed by atoms with Crippen molar-refractivity contribution in [3.05, 3.63) is 51.6 Å². The van der Waals surface area contributed by atoms with Crippen molar-refractivity contribution in [2.24, 2.45) is 5.73 Å². The Kier molecular flexibility index (Phi) is 4.58. The van der Waals surface area contributed by atoms with Gasteiger partial charge >= 0.3 is 0 Å². The van der Waals surface area contributed by atoms with Gasteiger partial charge in [0.2, 0.25) is 5.88 Å². The van der Waals surface area contributed by atoms with Gasteiger partial charge in [0, 0.05) is 6.20 Å². The zero-order chi connectivity index (χ0) is 13.0. The molecule has 0 aliphatic carbocycles. The van der Waals surface area contributed by atoms with Crippen LogP contribution < -0.4 is 10.5 Å². The number of nitrogens with zero attached hydrogens (tertiary/aromatic N) is 1. The molecule has 94 valence electrons. The van der Waals surface area contributed by atoms with Crippen LogP contribution in [0.1, 0.15) is 5.56 Å². The topological polar surface area (TPSA) is 48.1 Å². The lowest BCUT2D eigenvalue weighted by atomic mass is 10.1. The summed E-state index contributed by atoms with van der Waals surface area (Å²) in [6.07, 6.45) is 2.41. The molecule has 0 fully saturated rings. The molecular weight excluding hydrogens is 316 g/mol. The summed E-state index contributed by atoms with van der Waals surface area (Å²) in [6, 6.07) is 9.52. The van der Waals surface area contributed by atoms with Gasteiger partial charge in [0.25, 0.3) is 0 Å². The molecule has 0 radical (unpaired) electrons. The van der Waals surface area contributed by atoms with Gasteiger partial charge in [-0.1, -0.05) is 23.7 Å². The molecule has 0 atom stereocenters. The van der Waals surface area contributed by atoms with Gasteiger partial charge in [-0.25, -0.2) is 4.98 Å². The van der Waals surface area contributed by atoms with E-state index in [-0.39, 0.29) is 0 Å². The van der Waals surface area contributed by atoms with E-state index >= 15 is 0 Å². The van der Waals surface area contributed by atoms with E-state index in [1.807, 2.05) is 24.3 Å². The maximum absolute atomic E-state index is 5.82. The second-order valence-corrected chi connectivity index (χ2v) is 5.02. The summed E-state index contributed by atoms with van der Waals surface area (Å²) in [5.74, 6) is 1.22. The molecule has 18 heavy (non-hydrogen) atoms. The van der Waals surface area contributed by atoms with Crippen molar-refractivity contribution < 1.29 is 4.74 Å². The fourth-order valence-corrected chi connectivity index (χ4v) is 2.20. The average molecular weight is 328 g/mol. The first kappa shape index (κ1) is 13.3. The quantitative estimate of drug-likeness (QED) is 0.929. The number of pyridine rings is 1. The van der Waals surface area contributed by atoms with Gasteiger partial charge in [0.15, 0.2) is 0 Å². The number of halogens is 2. The van der Waals surface area contributed by atoms with Crippen LogP contribution in [0.4, 0.5) is 0 Å². The third-order valence-corrected chi connectivity index (χ3v) is 3.12. The van der Waals surface area contributed by atoms with Crippen molar-refractivity contribution in [2.75, 3.05) is 6.54 Å². The summed E-state index contributed by atoms with van der Waals surface area (Å²) in [4.78, 5) is 4.11. The van der Waals surface area contributed by atoms with E-state index < -0.39 is 0 Å². The minimum atomic E-state index is 0.492. The Morgan fingerprint density at radius 1 is 1.28 bits per heavy atom. The Morgan fingerprint density at radius 3 is 2.61 bits per heavy atom. The zero-order valence-corrected chi connectivity index (χ0v) is 11.9. The van der Waals surface area contributed by atoms with Gasteiger partial charge in [-0.15, -0.1) is 0 Å². The van der Waals surface area contributed by atoms with Crippen LogP contribution in [0.15, 0.2) is 41.0 Å². The molecule has 0 aliphatic rings. The van der Waals surface area contributed by atoms with Crippen LogP contribution in [0.5, 0.6) is 11.6 Å². The van der Waals surface area contributed by atoms with Gasteiger partial charge in [-0.05, 0) is 52.7 Å². The van der Waals surface area contributed by atoms with E-state index in [0.29, 0.717) is 17.4 Å². The normalized spacial score (nSPS) is 10.4. The molecule has 0 saturated heterocycles. The maximum Gasteiger partial charge on any atom is 0.233 e. The van der Waals surface area contributed by atoms with Gasteiger partial charge in [0.05, 0.1) is 9.50 Å². The zero-order valence-electron chi connectivity index (χ0n) is 9.57. The first-order valence-electron chi connectivity index (χ1n) is 5.47. The van der Waals surface area contributed by atoms with Crippen molar-refractivity contribution in [3.63, 3.8) is 0 Å². The van der Waals surface area contributed by atoms with E-state index in [4.69, 9.17) is 22.1 Å². The number of hydrogen-bond acceptors (Lipinski definition) is 3. The van der Waals surface area contributed by atoms with Crippen LogP contribution in [-0.2, 0) is 6.42 Å². The first-order valence-corrected chi connectivity index (χ1v) is 6.64. The standard InChI is InChI=1S/C13H12BrClN2O/c14-12-7-10(15)8-17-13(12)18-11-3-1-9(2-4-11)5-6-16/h1-4,7-8H,5-6,16H2. The lowest BCUT2D eigenvalue weighted by molar-refractivity contribution is 0.459. The molecule has 2 aromatic rings. The van der Waals surface area contributed by atoms with E-state index in [1.54, 1.807) is 12.3 Å². The highest BCUT2D eigenvalue weighted by Gasteiger charge is 2.05. The smallest absolute Gasteiger partial charge is 0.233 e. The molecule has 1 aromatic heterocycles. The molecular formula is C13H12BrClN2O. The molecule has 3 nitrogen and oxygen atoms in total. The van der Waals surface area contributed by atoms with Gasteiger partial charge < -0.3 is 10.5 Å². The van der Waals surface area contributed by atoms with Crippen LogP contribution in [0, 0.1) is 0 Å². The minimum Gasteiger partial charge on any atom is -0.438 e. The van der Waals surface area contributed by atoms with Crippen molar-refractivity contribution >= 4 is 27.5 Å². The molecule has 0 spiro atoms. The summed E-state index contributed by atoms with van der Waals surface area (Å²) in [5, 5.41) is 0.563. The van der Waals surface area contributed by atoms with Crippen LogP contribution in [0.2, 0.25) is 5.02 Å². The fourth-order valence-electron chi connectivity index (χ4n) is 1.48. The van der Waals surface area contributed by atoms with Crippen molar-refractivity contribution in [1.29, 1.82) is 0 Å². The lowest BCUT2D eigenvalue weighted by Gasteiger charge is -2.07. The lowest BCUT2D eigenvalue weighted by Crippen LogP contribution is -2.02. The van der Waals surface area contributed by atoms with Crippen molar-refractivity contribution in [2.45, 2.75) is 6.42 Å². The summed E-state index contributed by atoms with van der Waals surface area (Å²) < 4.78 is 6.37. The molecule has 5 heteroatoms. The third-order valence-electron chi connectivity index (χ3n) is 2.34. The summed E-state index contributed by atoms with van der Waals surface area (Å²) in [7, 11) is 0. The number of ether oxygens (including phenoxy) is 1. The van der Waals surface area contributed by atoms with Crippen LogP contribution in [0.3, 0.4) is 0 Å². The molecule has 0 saturated carbocycles. The number of nitrogens with two attached hydrogens (primary N) is 1. The molecule has 0 aliphatic heterocycles. The number of aromatic nitrogens is 1. The monoisotopic (exact) mass is 326 g/mol. The van der Waals surface area contributed by atoms with Gasteiger partial charge in [-0.3, -0.25) is 0 Å². The van der Waals surface area contributed by atoms with E-state index in [9.17, 15) is 0 Å². The Bertz CT molecular complexity index is 531. The number of benzene rings is 1. The molecule has 1 aromatic carbocycles. The Morgan fingerprint density at radius 2 is 2.00 bits per heavy atom. The summed E-state index contributed by atoms with van der Waals surface area (Å²) in [6.45, 7) is 0.643. The molecule has 1 heterocycles. The number of rotatable bonds is 4. The summed E-state index contributed by atoms with van der Waals surface area (Å²) in [5.41, 5.74) is 6.68. The highest BCUT2D eigenvalue weighted by Crippen LogP contribution is 2.29. The fraction of sp³-hybridized carbons (Fsp3) is 0.154. The van der Waals surface area contributed by atoms with Gasteiger partial charge in [-0.2, -0.15) is 0 Å². The highest BCUT2D eigenvalue weighted by molar-refractivity contribution is 9.10. The molecule has 0 bridgehead atoms. The highest BCUT2D eigenvalue weighted by atomic mass is 79.9. The average Bonchev–Trinajstić information content (AvgIpc) is 2.35. The first-order chi connectivity index (χ1) is 8.69. The Hall–Kier alpha value is -1.10. The molecule has 0 amide bonds.